The van der Waals surface area contributed by atoms with Crippen LogP contribution in [-0.4, -0.2) is 10.9 Å². The van der Waals surface area contributed by atoms with E-state index in [0.717, 1.165) is 0 Å². The highest BCUT2D eigenvalue weighted by Gasteiger charge is 1.95. The van der Waals surface area contributed by atoms with E-state index in [9.17, 15) is 4.79 Å². The number of H-pyrrole nitrogens is 1. The van der Waals surface area contributed by atoms with E-state index in [1.807, 2.05) is 22.9 Å². The number of primary amides is 1. The number of nitrogens with one attached hydrogen (secondary N) is 1. The second-order valence-electron chi connectivity index (χ2n) is 2.24. The van der Waals surface area contributed by atoms with Gasteiger partial charge in [-0.1, -0.05) is 12.1 Å². The van der Waals surface area contributed by atoms with E-state index in [0.29, 0.717) is 5.69 Å². The summed E-state index contributed by atoms with van der Waals surface area (Å²) >= 11 is 1.71. The molecule has 0 aliphatic rings. The predicted molar refractivity (Wildman–Crippen MR) is 53.6 cm³/mol. The Bertz CT molecular complexity index is 309. The Morgan fingerprint density at radius 2 is 2.00 bits per heavy atom. The zero-order valence-electron chi connectivity index (χ0n) is 6.94. The molecular weight excluding hydrogens is 184 g/mol. The second kappa shape index (κ2) is 5.16. The van der Waals surface area contributed by atoms with Gasteiger partial charge in [0.2, 0.25) is 0 Å². The number of carbonyl (C=O) groups is 1. The summed E-state index contributed by atoms with van der Waals surface area (Å²) in [7, 11) is 0. The summed E-state index contributed by atoms with van der Waals surface area (Å²) in [5.74, 6) is -0.421. The van der Waals surface area contributed by atoms with Crippen molar-refractivity contribution in [2.45, 2.75) is 0 Å². The Morgan fingerprint density at radius 1 is 1.31 bits per heavy atom. The Morgan fingerprint density at radius 3 is 2.23 bits per heavy atom. The first-order valence-corrected chi connectivity index (χ1v) is 4.65. The van der Waals surface area contributed by atoms with Crippen LogP contribution in [0.1, 0.15) is 10.5 Å². The number of amides is 1. The number of thiophene rings is 1. The Kier molecular flexibility index (Phi) is 3.78. The molecule has 3 N–H and O–H groups in total. The van der Waals surface area contributed by atoms with Crippen LogP contribution < -0.4 is 5.73 Å². The molecule has 0 aromatic carbocycles. The molecule has 4 heteroatoms. The summed E-state index contributed by atoms with van der Waals surface area (Å²) < 4.78 is 0. The number of nitrogens with two attached hydrogens (primary N) is 1. The van der Waals surface area contributed by atoms with Crippen LogP contribution in [0.25, 0.3) is 0 Å². The summed E-state index contributed by atoms with van der Waals surface area (Å²) in [5, 5.41) is 4.08. The minimum atomic E-state index is -0.421. The second-order valence-corrected chi connectivity index (χ2v) is 3.06. The standard InChI is InChI=1S/C5H6N2O.C4H4S/c6-5(8)4-2-1-3-7-4;1-2-4-5-3-1/h1-3,7H,(H2,6,8);1-4H. The average molecular weight is 194 g/mol. The summed E-state index contributed by atoms with van der Waals surface area (Å²) in [6.45, 7) is 0. The molecule has 0 spiro atoms. The molecule has 3 nitrogen and oxygen atoms in total. The van der Waals surface area contributed by atoms with E-state index in [2.05, 4.69) is 4.98 Å². The van der Waals surface area contributed by atoms with Crippen molar-refractivity contribution < 1.29 is 4.79 Å². The van der Waals surface area contributed by atoms with Crippen LogP contribution in [0.3, 0.4) is 0 Å². The SMILES string of the molecule is NC(=O)c1ccc[nH]1.c1ccsc1. The predicted octanol–water partition coefficient (Wildman–Crippen LogP) is 1.86. The molecule has 2 heterocycles. The van der Waals surface area contributed by atoms with Crippen LogP contribution in [0, 0.1) is 0 Å². The van der Waals surface area contributed by atoms with Gasteiger partial charge < -0.3 is 10.7 Å². The molecule has 0 fully saturated rings. The lowest BCUT2D eigenvalue weighted by Crippen LogP contribution is -2.10. The van der Waals surface area contributed by atoms with E-state index in [1.165, 1.54) is 0 Å². The van der Waals surface area contributed by atoms with Crippen molar-refractivity contribution in [3.05, 3.63) is 46.9 Å². The molecule has 13 heavy (non-hydrogen) atoms. The topological polar surface area (TPSA) is 58.9 Å². The third-order valence-electron chi connectivity index (χ3n) is 1.29. The monoisotopic (exact) mass is 194 g/mol. The Balaban J connectivity index is 0.000000145. The summed E-state index contributed by atoms with van der Waals surface area (Å²) in [5.41, 5.74) is 5.34. The van der Waals surface area contributed by atoms with Crippen LogP contribution in [0.5, 0.6) is 0 Å². The minimum Gasteiger partial charge on any atom is -0.364 e. The first-order chi connectivity index (χ1) is 6.30. The van der Waals surface area contributed by atoms with Crippen molar-refractivity contribution in [2.75, 3.05) is 0 Å². The van der Waals surface area contributed by atoms with Gasteiger partial charge in [-0.3, -0.25) is 4.79 Å². The van der Waals surface area contributed by atoms with Crippen molar-refractivity contribution in [3.63, 3.8) is 0 Å². The number of rotatable bonds is 1. The molecule has 0 atom stereocenters. The molecule has 2 rings (SSSR count). The van der Waals surface area contributed by atoms with Gasteiger partial charge in [0.1, 0.15) is 5.69 Å². The number of hydrogen-bond acceptors (Lipinski definition) is 2. The first-order valence-electron chi connectivity index (χ1n) is 3.71. The number of carbonyl (C=O) groups excluding carboxylic acids is 1. The molecule has 0 aliphatic carbocycles. The van der Waals surface area contributed by atoms with Crippen molar-refractivity contribution in [1.29, 1.82) is 0 Å². The van der Waals surface area contributed by atoms with Crippen molar-refractivity contribution in [3.8, 4) is 0 Å². The van der Waals surface area contributed by atoms with Gasteiger partial charge >= 0.3 is 0 Å². The molecule has 68 valence electrons. The highest BCUT2D eigenvalue weighted by Crippen LogP contribution is 1.91. The van der Waals surface area contributed by atoms with Gasteiger partial charge in [-0.2, -0.15) is 11.3 Å². The fourth-order valence-electron chi connectivity index (χ4n) is 0.710. The molecule has 0 saturated heterocycles. The molecule has 1 amide bonds. The van der Waals surface area contributed by atoms with Gasteiger partial charge in [-0.15, -0.1) is 0 Å². The van der Waals surface area contributed by atoms with Crippen LogP contribution in [0.15, 0.2) is 41.2 Å². The zero-order valence-corrected chi connectivity index (χ0v) is 7.75. The smallest absolute Gasteiger partial charge is 0.265 e. The lowest BCUT2D eigenvalue weighted by molar-refractivity contribution is 0.0996. The maximum Gasteiger partial charge on any atom is 0.265 e. The van der Waals surface area contributed by atoms with Gasteiger partial charge in [0.15, 0.2) is 0 Å². The van der Waals surface area contributed by atoms with Gasteiger partial charge in [-0.05, 0) is 22.9 Å². The molecule has 2 aromatic heterocycles. The van der Waals surface area contributed by atoms with Crippen molar-refractivity contribution >= 4 is 17.2 Å². The largest absolute Gasteiger partial charge is 0.364 e. The fraction of sp³-hybridized carbons (Fsp3) is 0. The van der Waals surface area contributed by atoms with Crippen LogP contribution in [-0.2, 0) is 0 Å². The van der Waals surface area contributed by atoms with E-state index < -0.39 is 5.91 Å². The normalized spacial score (nSPS) is 8.62. The Hall–Kier alpha value is -1.55. The molecule has 0 radical (unpaired) electrons. The van der Waals surface area contributed by atoms with Gasteiger partial charge in [0, 0.05) is 6.20 Å². The van der Waals surface area contributed by atoms with Gasteiger partial charge in [0.25, 0.3) is 5.91 Å². The zero-order chi connectivity index (χ0) is 9.52. The first kappa shape index (κ1) is 9.54. The average Bonchev–Trinajstić information content (AvgIpc) is 2.82. The van der Waals surface area contributed by atoms with Gasteiger partial charge in [-0.25, -0.2) is 0 Å². The lowest BCUT2D eigenvalue weighted by Gasteiger charge is -1.82. The number of aromatic nitrogens is 1. The minimum absolute atomic E-state index is 0.421. The maximum absolute atomic E-state index is 10.3. The van der Waals surface area contributed by atoms with Crippen molar-refractivity contribution in [2.24, 2.45) is 5.73 Å². The van der Waals surface area contributed by atoms with Gasteiger partial charge in [0.05, 0.1) is 0 Å². The van der Waals surface area contributed by atoms with Crippen LogP contribution in [0.2, 0.25) is 0 Å². The summed E-state index contributed by atoms with van der Waals surface area (Å²) in [6.07, 6.45) is 1.65. The molecule has 0 bridgehead atoms. The highest BCUT2D eigenvalue weighted by molar-refractivity contribution is 7.07. The molecule has 0 saturated carbocycles. The lowest BCUT2D eigenvalue weighted by atomic mass is 10.4. The molecule has 0 unspecified atom stereocenters. The molecule has 2 aromatic rings. The number of hydrogen-bond donors (Lipinski definition) is 2. The summed E-state index contributed by atoms with van der Waals surface area (Å²) in [4.78, 5) is 12.9. The van der Waals surface area contributed by atoms with E-state index in [1.54, 1.807) is 29.7 Å². The summed E-state index contributed by atoms with van der Waals surface area (Å²) in [6, 6.07) is 7.39. The van der Waals surface area contributed by atoms with E-state index in [-0.39, 0.29) is 0 Å². The number of aromatic amines is 1. The molecule has 0 aliphatic heterocycles. The van der Waals surface area contributed by atoms with E-state index in [4.69, 9.17) is 5.73 Å². The highest BCUT2D eigenvalue weighted by atomic mass is 32.1. The van der Waals surface area contributed by atoms with Crippen molar-refractivity contribution in [1.82, 2.24) is 4.98 Å². The van der Waals surface area contributed by atoms with E-state index >= 15 is 0 Å². The Labute approximate surface area is 80.2 Å². The van der Waals surface area contributed by atoms with Crippen LogP contribution in [0.4, 0.5) is 0 Å². The fourth-order valence-corrected chi connectivity index (χ4v) is 1.16. The quantitative estimate of drug-likeness (QED) is 0.715. The third kappa shape index (κ3) is 3.57. The maximum atomic E-state index is 10.3. The van der Waals surface area contributed by atoms with Crippen LogP contribution >= 0.6 is 11.3 Å². The molecular formula is C9H10N2OS. The third-order valence-corrected chi connectivity index (χ3v) is 1.92.